The van der Waals surface area contributed by atoms with Gasteiger partial charge in [-0.2, -0.15) is 0 Å². The van der Waals surface area contributed by atoms with Gasteiger partial charge in [0, 0.05) is 16.1 Å². The summed E-state index contributed by atoms with van der Waals surface area (Å²) in [6, 6.07) is 15.7. The van der Waals surface area contributed by atoms with Gasteiger partial charge >= 0.3 is 0 Å². The number of rotatable bonds is 2. The van der Waals surface area contributed by atoms with Gasteiger partial charge in [0.15, 0.2) is 0 Å². The van der Waals surface area contributed by atoms with E-state index in [0.717, 1.165) is 32.1 Å². The van der Waals surface area contributed by atoms with Crippen molar-refractivity contribution in [2.45, 2.75) is 13.0 Å². The van der Waals surface area contributed by atoms with Crippen LogP contribution < -0.4 is 0 Å². The second-order valence-corrected chi connectivity index (χ2v) is 5.84. The summed E-state index contributed by atoms with van der Waals surface area (Å²) < 4.78 is 0.981. The second kappa shape index (κ2) is 5.35. The maximum absolute atomic E-state index is 10.6. The second-order valence-electron chi connectivity index (χ2n) is 4.92. The Morgan fingerprint density at radius 3 is 2.70 bits per heavy atom. The molecule has 0 aliphatic rings. The molecule has 0 amide bonds. The van der Waals surface area contributed by atoms with Crippen LogP contribution in [0, 0.1) is 6.92 Å². The standard InChI is InChI=1S/C17H14BrNO/c1-11-7-14(10-15(18)8-11)17(20)13-4-5-16-12(9-13)3-2-6-19-16/h2-10,17,20H,1H3. The maximum Gasteiger partial charge on any atom is 0.104 e. The van der Waals surface area contributed by atoms with Gasteiger partial charge in [0.05, 0.1) is 5.52 Å². The molecule has 0 spiro atoms. The lowest BCUT2D eigenvalue weighted by molar-refractivity contribution is 0.220. The maximum atomic E-state index is 10.6. The summed E-state index contributed by atoms with van der Waals surface area (Å²) in [4.78, 5) is 4.29. The number of halogens is 1. The molecule has 0 saturated carbocycles. The molecule has 3 rings (SSSR count). The van der Waals surface area contributed by atoms with E-state index in [4.69, 9.17) is 0 Å². The summed E-state index contributed by atoms with van der Waals surface area (Å²) in [5.41, 5.74) is 3.83. The Bertz CT molecular complexity index is 750. The number of aliphatic hydroxyl groups is 1. The topological polar surface area (TPSA) is 33.1 Å². The average molecular weight is 328 g/mol. The molecule has 0 saturated heterocycles. The molecule has 1 heterocycles. The van der Waals surface area contributed by atoms with Crippen molar-refractivity contribution in [3.8, 4) is 0 Å². The fourth-order valence-corrected chi connectivity index (χ4v) is 3.00. The summed E-state index contributed by atoms with van der Waals surface area (Å²) in [6.07, 6.45) is 1.15. The Balaban J connectivity index is 2.05. The van der Waals surface area contributed by atoms with Crippen LogP contribution in [0.3, 0.4) is 0 Å². The molecule has 0 bridgehead atoms. The molecule has 1 N–H and O–H groups in total. The minimum Gasteiger partial charge on any atom is -0.384 e. The fourth-order valence-electron chi connectivity index (χ4n) is 2.38. The number of aryl methyl sites for hydroxylation is 1. The third-order valence-electron chi connectivity index (χ3n) is 3.32. The molecule has 1 atom stereocenters. The van der Waals surface area contributed by atoms with Crippen molar-refractivity contribution in [3.05, 3.63) is 75.9 Å². The van der Waals surface area contributed by atoms with Crippen LogP contribution in [0.15, 0.2) is 59.2 Å². The van der Waals surface area contributed by atoms with Crippen LogP contribution in [0.2, 0.25) is 0 Å². The Morgan fingerprint density at radius 2 is 1.90 bits per heavy atom. The van der Waals surface area contributed by atoms with Crippen LogP contribution in [-0.2, 0) is 0 Å². The van der Waals surface area contributed by atoms with Gasteiger partial charge < -0.3 is 5.11 Å². The highest BCUT2D eigenvalue weighted by Crippen LogP contribution is 2.27. The lowest BCUT2D eigenvalue weighted by Crippen LogP contribution is -2.00. The van der Waals surface area contributed by atoms with Crippen LogP contribution in [0.5, 0.6) is 0 Å². The van der Waals surface area contributed by atoms with Crippen molar-refractivity contribution in [3.63, 3.8) is 0 Å². The monoisotopic (exact) mass is 327 g/mol. The molecule has 2 aromatic carbocycles. The summed E-state index contributed by atoms with van der Waals surface area (Å²) in [5.74, 6) is 0. The van der Waals surface area contributed by atoms with Gasteiger partial charge in [-0.05, 0) is 53.9 Å². The molecule has 3 heteroatoms. The highest BCUT2D eigenvalue weighted by Gasteiger charge is 2.12. The lowest BCUT2D eigenvalue weighted by atomic mass is 9.99. The molecular weight excluding hydrogens is 314 g/mol. The minimum absolute atomic E-state index is 0.629. The van der Waals surface area contributed by atoms with Crippen molar-refractivity contribution in [1.82, 2.24) is 4.98 Å². The van der Waals surface area contributed by atoms with Crippen LogP contribution in [0.4, 0.5) is 0 Å². The van der Waals surface area contributed by atoms with Crippen LogP contribution >= 0.6 is 15.9 Å². The Morgan fingerprint density at radius 1 is 1.05 bits per heavy atom. The normalized spacial score (nSPS) is 12.6. The van der Waals surface area contributed by atoms with E-state index in [0.29, 0.717) is 0 Å². The van der Waals surface area contributed by atoms with E-state index in [1.54, 1.807) is 6.20 Å². The zero-order valence-electron chi connectivity index (χ0n) is 11.0. The molecular formula is C17H14BrNO. The largest absolute Gasteiger partial charge is 0.384 e. The minimum atomic E-state index is -0.629. The van der Waals surface area contributed by atoms with Gasteiger partial charge in [-0.1, -0.05) is 34.1 Å². The van der Waals surface area contributed by atoms with Gasteiger partial charge in [0.25, 0.3) is 0 Å². The fraction of sp³-hybridized carbons (Fsp3) is 0.118. The summed E-state index contributed by atoms with van der Waals surface area (Å²) in [7, 11) is 0. The van der Waals surface area contributed by atoms with Gasteiger partial charge in [-0.3, -0.25) is 4.98 Å². The third-order valence-corrected chi connectivity index (χ3v) is 3.78. The number of benzene rings is 2. The number of fused-ring (bicyclic) bond motifs is 1. The van der Waals surface area contributed by atoms with Crippen molar-refractivity contribution in [2.75, 3.05) is 0 Å². The molecule has 100 valence electrons. The molecule has 2 nitrogen and oxygen atoms in total. The molecule has 0 fully saturated rings. The number of hydrogen-bond acceptors (Lipinski definition) is 2. The van der Waals surface area contributed by atoms with Gasteiger partial charge in [-0.15, -0.1) is 0 Å². The van der Waals surface area contributed by atoms with Gasteiger partial charge in [-0.25, -0.2) is 0 Å². The third kappa shape index (κ3) is 2.60. The summed E-state index contributed by atoms with van der Waals surface area (Å²) in [6.45, 7) is 2.02. The first-order chi connectivity index (χ1) is 9.63. The van der Waals surface area contributed by atoms with E-state index < -0.39 is 6.10 Å². The average Bonchev–Trinajstić information content (AvgIpc) is 2.45. The molecule has 1 unspecified atom stereocenters. The first-order valence-electron chi connectivity index (χ1n) is 6.43. The molecule has 0 radical (unpaired) electrons. The van der Waals surface area contributed by atoms with E-state index in [-0.39, 0.29) is 0 Å². The Kier molecular flexibility index (Phi) is 3.55. The smallest absolute Gasteiger partial charge is 0.104 e. The molecule has 1 aromatic heterocycles. The van der Waals surface area contributed by atoms with Crippen molar-refractivity contribution >= 4 is 26.8 Å². The summed E-state index contributed by atoms with van der Waals surface area (Å²) >= 11 is 3.47. The number of aromatic nitrogens is 1. The lowest BCUT2D eigenvalue weighted by Gasteiger charge is -2.13. The van der Waals surface area contributed by atoms with Crippen LogP contribution in [0.1, 0.15) is 22.8 Å². The quantitative estimate of drug-likeness (QED) is 0.757. The van der Waals surface area contributed by atoms with Crippen molar-refractivity contribution in [1.29, 1.82) is 0 Å². The van der Waals surface area contributed by atoms with Crippen molar-refractivity contribution in [2.24, 2.45) is 0 Å². The van der Waals surface area contributed by atoms with Gasteiger partial charge in [0.2, 0.25) is 0 Å². The Labute approximate surface area is 126 Å². The predicted molar refractivity (Wildman–Crippen MR) is 84.7 cm³/mol. The van der Waals surface area contributed by atoms with E-state index in [9.17, 15) is 5.11 Å². The number of pyridine rings is 1. The Hall–Kier alpha value is -1.71. The van der Waals surface area contributed by atoms with Crippen LogP contribution in [0.25, 0.3) is 10.9 Å². The zero-order valence-corrected chi connectivity index (χ0v) is 12.6. The van der Waals surface area contributed by atoms with E-state index in [1.165, 1.54) is 0 Å². The molecule has 3 aromatic rings. The molecule has 20 heavy (non-hydrogen) atoms. The predicted octanol–water partition coefficient (Wildman–Crippen LogP) is 4.39. The number of nitrogens with zero attached hydrogens (tertiary/aromatic N) is 1. The first kappa shape index (κ1) is 13.3. The zero-order chi connectivity index (χ0) is 14.1. The summed E-state index contributed by atoms with van der Waals surface area (Å²) in [5, 5.41) is 11.6. The molecule has 0 aliphatic heterocycles. The van der Waals surface area contributed by atoms with Crippen LogP contribution in [-0.4, -0.2) is 10.1 Å². The highest BCUT2D eigenvalue weighted by atomic mass is 79.9. The molecule has 0 aliphatic carbocycles. The van der Waals surface area contributed by atoms with Crippen molar-refractivity contribution < 1.29 is 5.11 Å². The van der Waals surface area contributed by atoms with E-state index >= 15 is 0 Å². The number of aliphatic hydroxyl groups excluding tert-OH is 1. The van der Waals surface area contributed by atoms with Gasteiger partial charge in [0.1, 0.15) is 6.10 Å². The van der Waals surface area contributed by atoms with E-state index in [2.05, 4.69) is 20.9 Å². The SMILES string of the molecule is Cc1cc(Br)cc(C(O)c2ccc3ncccc3c2)c1. The number of hydrogen-bond donors (Lipinski definition) is 1. The van der Waals surface area contributed by atoms with E-state index in [1.807, 2.05) is 55.5 Å². The highest BCUT2D eigenvalue weighted by molar-refractivity contribution is 9.10. The first-order valence-corrected chi connectivity index (χ1v) is 7.22.